The fourth-order valence-electron chi connectivity index (χ4n) is 2.21. The summed E-state index contributed by atoms with van der Waals surface area (Å²) in [6.45, 7) is 5.26. The van der Waals surface area contributed by atoms with Crippen LogP contribution in [0.1, 0.15) is 36.4 Å². The number of fused-ring (bicyclic) bond motifs is 1. The first-order chi connectivity index (χ1) is 9.92. The van der Waals surface area contributed by atoms with Crippen molar-refractivity contribution in [2.24, 2.45) is 0 Å². The fraction of sp³-hybridized carbons (Fsp3) is 0.375. The molecule has 0 spiro atoms. The van der Waals surface area contributed by atoms with E-state index in [0.29, 0.717) is 12.0 Å². The van der Waals surface area contributed by atoms with Gasteiger partial charge in [-0.15, -0.1) is 0 Å². The third-order valence-electron chi connectivity index (χ3n) is 3.78. The molecule has 0 radical (unpaired) electrons. The van der Waals surface area contributed by atoms with E-state index in [1.165, 1.54) is 7.11 Å². The van der Waals surface area contributed by atoms with Gasteiger partial charge in [0.15, 0.2) is 5.76 Å². The highest BCUT2D eigenvalue weighted by molar-refractivity contribution is 6.01. The second-order valence-corrected chi connectivity index (χ2v) is 5.18. The Kier molecular flexibility index (Phi) is 4.02. The van der Waals surface area contributed by atoms with E-state index in [9.17, 15) is 9.59 Å². The van der Waals surface area contributed by atoms with E-state index in [0.717, 1.165) is 10.9 Å². The van der Waals surface area contributed by atoms with Crippen molar-refractivity contribution < 1.29 is 18.7 Å². The zero-order valence-electron chi connectivity index (χ0n) is 12.6. The highest BCUT2D eigenvalue weighted by atomic mass is 16.5. The fourth-order valence-corrected chi connectivity index (χ4v) is 2.21. The van der Waals surface area contributed by atoms with Crippen molar-refractivity contribution in [1.29, 1.82) is 0 Å². The minimum atomic E-state index is -1.07. The maximum Gasteiger partial charge on any atom is 0.331 e. The molecule has 1 atom stereocenters. The Morgan fingerprint density at radius 2 is 2.00 bits per heavy atom. The number of methoxy groups -OCH3 is 1. The summed E-state index contributed by atoms with van der Waals surface area (Å²) < 4.78 is 10.3. The molecule has 0 saturated carbocycles. The standard InChI is InChI=1S/C16H19NO4/c1-5-16(3,15(19)20-4)17-14(18)13-10(2)11-8-6-7-9-12(11)21-13/h6-9H,5H2,1-4H3,(H,17,18)/t16-/m0/s1. The number of carbonyl (C=O) groups excluding carboxylic acids is 2. The quantitative estimate of drug-likeness (QED) is 0.879. The molecule has 0 bridgehead atoms. The van der Waals surface area contributed by atoms with Crippen molar-refractivity contribution in [1.82, 2.24) is 5.32 Å². The minimum absolute atomic E-state index is 0.222. The molecule has 5 nitrogen and oxygen atoms in total. The predicted octanol–water partition coefficient (Wildman–Crippen LogP) is 2.81. The van der Waals surface area contributed by atoms with Gasteiger partial charge in [-0.3, -0.25) is 4.79 Å². The van der Waals surface area contributed by atoms with Gasteiger partial charge in [-0.25, -0.2) is 4.79 Å². The van der Waals surface area contributed by atoms with E-state index in [1.807, 2.05) is 32.0 Å². The van der Waals surface area contributed by atoms with Crippen molar-refractivity contribution in [2.75, 3.05) is 7.11 Å². The summed E-state index contributed by atoms with van der Waals surface area (Å²) in [5.74, 6) is -0.676. The second kappa shape index (κ2) is 5.60. The van der Waals surface area contributed by atoms with Crippen LogP contribution < -0.4 is 5.32 Å². The summed E-state index contributed by atoms with van der Waals surface area (Å²) in [6.07, 6.45) is 0.421. The lowest BCUT2D eigenvalue weighted by Gasteiger charge is -2.25. The molecule has 2 aromatic rings. The van der Waals surface area contributed by atoms with Crippen LogP contribution in [0.5, 0.6) is 0 Å². The Hall–Kier alpha value is -2.30. The van der Waals surface area contributed by atoms with Crippen molar-refractivity contribution in [3.63, 3.8) is 0 Å². The Morgan fingerprint density at radius 1 is 1.33 bits per heavy atom. The van der Waals surface area contributed by atoms with Gasteiger partial charge in [-0.2, -0.15) is 0 Å². The molecule has 1 N–H and O–H groups in total. The molecule has 0 saturated heterocycles. The van der Waals surface area contributed by atoms with Gasteiger partial charge in [-0.1, -0.05) is 25.1 Å². The van der Waals surface area contributed by atoms with E-state index in [-0.39, 0.29) is 5.76 Å². The lowest BCUT2D eigenvalue weighted by Crippen LogP contribution is -2.52. The molecular formula is C16H19NO4. The number of hydrogen-bond donors (Lipinski definition) is 1. The molecule has 1 heterocycles. The van der Waals surface area contributed by atoms with Crippen molar-refractivity contribution in [3.8, 4) is 0 Å². The zero-order valence-corrected chi connectivity index (χ0v) is 12.6. The van der Waals surface area contributed by atoms with E-state index < -0.39 is 17.4 Å². The number of esters is 1. The molecule has 112 valence electrons. The number of amides is 1. The molecule has 2 rings (SSSR count). The van der Waals surface area contributed by atoms with Crippen molar-refractivity contribution >= 4 is 22.8 Å². The molecule has 1 aromatic heterocycles. The van der Waals surface area contributed by atoms with Crippen LogP contribution in [0.2, 0.25) is 0 Å². The number of nitrogens with one attached hydrogen (secondary N) is 1. The predicted molar refractivity (Wildman–Crippen MR) is 79.1 cm³/mol. The van der Waals surface area contributed by atoms with Crippen LogP contribution in [0.25, 0.3) is 11.0 Å². The molecule has 5 heteroatoms. The summed E-state index contributed by atoms with van der Waals surface area (Å²) in [5, 5.41) is 3.59. The van der Waals surface area contributed by atoms with E-state index in [2.05, 4.69) is 5.32 Å². The maximum absolute atomic E-state index is 12.4. The number of furan rings is 1. The van der Waals surface area contributed by atoms with Crippen LogP contribution in [-0.2, 0) is 9.53 Å². The lowest BCUT2D eigenvalue weighted by molar-refractivity contribution is -0.147. The van der Waals surface area contributed by atoms with Gasteiger partial charge in [0, 0.05) is 10.9 Å². The molecule has 0 aliphatic heterocycles. The highest BCUT2D eigenvalue weighted by Crippen LogP contribution is 2.25. The highest BCUT2D eigenvalue weighted by Gasteiger charge is 2.35. The van der Waals surface area contributed by atoms with Crippen molar-refractivity contribution in [3.05, 3.63) is 35.6 Å². The molecule has 1 aromatic carbocycles. The Morgan fingerprint density at radius 3 is 2.57 bits per heavy atom. The topological polar surface area (TPSA) is 68.5 Å². The number of carbonyl (C=O) groups is 2. The number of para-hydroxylation sites is 1. The van der Waals surface area contributed by atoms with Gasteiger partial charge in [-0.05, 0) is 26.3 Å². The maximum atomic E-state index is 12.4. The van der Waals surface area contributed by atoms with Crippen LogP contribution in [0.4, 0.5) is 0 Å². The molecule has 1 amide bonds. The van der Waals surface area contributed by atoms with Gasteiger partial charge >= 0.3 is 5.97 Å². The van der Waals surface area contributed by atoms with Crippen LogP contribution in [0, 0.1) is 6.92 Å². The van der Waals surface area contributed by atoms with Crippen LogP contribution in [0.15, 0.2) is 28.7 Å². The number of aryl methyl sites for hydroxylation is 1. The van der Waals surface area contributed by atoms with Gasteiger partial charge in [0.1, 0.15) is 11.1 Å². The third kappa shape index (κ3) is 2.63. The second-order valence-electron chi connectivity index (χ2n) is 5.18. The van der Waals surface area contributed by atoms with Gasteiger partial charge in [0.25, 0.3) is 5.91 Å². The summed E-state index contributed by atoms with van der Waals surface area (Å²) in [6, 6.07) is 7.43. The normalized spacial score (nSPS) is 13.7. The molecule has 0 unspecified atom stereocenters. The molecule has 0 fully saturated rings. The van der Waals surface area contributed by atoms with Crippen molar-refractivity contribution in [2.45, 2.75) is 32.7 Å². The number of hydrogen-bond acceptors (Lipinski definition) is 4. The summed E-state index contributed by atoms with van der Waals surface area (Å²) in [7, 11) is 1.30. The average molecular weight is 289 g/mol. The summed E-state index contributed by atoms with van der Waals surface area (Å²) in [5.41, 5.74) is 0.333. The Labute approximate surface area is 123 Å². The Balaban J connectivity index is 2.34. The van der Waals surface area contributed by atoms with E-state index in [4.69, 9.17) is 9.15 Å². The largest absolute Gasteiger partial charge is 0.467 e. The molecular weight excluding hydrogens is 270 g/mol. The van der Waals surface area contributed by atoms with Crippen LogP contribution in [-0.4, -0.2) is 24.5 Å². The van der Waals surface area contributed by atoms with Gasteiger partial charge in [0.05, 0.1) is 7.11 Å². The first-order valence-corrected chi connectivity index (χ1v) is 6.82. The van der Waals surface area contributed by atoms with E-state index in [1.54, 1.807) is 13.0 Å². The molecule has 0 aliphatic rings. The Bertz CT molecular complexity index is 689. The number of rotatable bonds is 4. The lowest BCUT2D eigenvalue weighted by atomic mass is 9.98. The monoisotopic (exact) mass is 289 g/mol. The van der Waals surface area contributed by atoms with Crippen LogP contribution >= 0.6 is 0 Å². The number of ether oxygens (including phenoxy) is 1. The molecule has 21 heavy (non-hydrogen) atoms. The van der Waals surface area contributed by atoms with Crippen LogP contribution in [0.3, 0.4) is 0 Å². The van der Waals surface area contributed by atoms with E-state index >= 15 is 0 Å². The average Bonchev–Trinajstić information content (AvgIpc) is 2.84. The zero-order chi connectivity index (χ0) is 15.6. The first-order valence-electron chi connectivity index (χ1n) is 6.82. The SMILES string of the molecule is CC[C@](C)(NC(=O)c1oc2ccccc2c1C)C(=O)OC. The number of benzene rings is 1. The first kappa shape index (κ1) is 15.1. The van der Waals surface area contributed by atoms with Gasteiger partial charge in [0.2, 0.25) is 0 Å². The smallest absolute Gasteiger partial charge is 0.331 e. The van der Waals surface area contributed by atoms with Gasteiger partial charge < -0.3 is 14.5 Å². The minimum Gasteiger partial charge on any atom is -0.467 e. The summed E-state index contributed by atoms with van der Waals surface area (Å²) in [4.78, 5) is 24.2. The summed E-state index contributed by atoms with van der Waals surface area (Å²) >= 11 is 0. The molecule has 0 aliphatic carbocycles. The third-order valence-corrected chi connectivity index (χ3v) is 3.78.